The molecule has 0 heterocycles. The van der Waals surface area contributed by atoms with Crippen molar-refractivity contribution >= 4 is 34.0 Å². The molecule has 154 valence electrons. The summed E-state index contributed by atoms with van der Waals surface area (Å²) in [6.07, 6.45) is 0. The Hall–Kier alpha value is -2.33. The quantitative estimate of drug-likeness (QED) is 0.560. The monoisotopic (exact) mass is 429 g/mol. The van der Waals surface area contributed by atoms with Gasteiger partial charge in [0.25, 0.3) is 5.91 Å². The average Bonchev–Trinajstić information content (AvgIpc) is 2.67. The van der Waals surface area contributed by atoms with Crippen LogP contribution in [0.3, 0.4) is 0 Å². The minimum atomic E-state index is -3.69. The summed E-state index contributed by atoms with van der Waals surface area (Å²) >= 11 is 0. The number of amides is 1. The van der Waals surface area contributed by atoms with Crippen molar-refractivity contribution < 1.29 is 22.7 Å². The molecule has 0 spiro atoms. The number of sulfonamides is 1. The van der Waals surface area contributed by atoms with Crippen LogP contribution in [0.5, 0.6) is 11.5 Å². The minimum Gasteiger partial charge on any atom is -0.493 e. The van der Waals surface area contributed by atoms with Gasteiger partial charge in [-0.05, 0) is 43.3 Å². The topological polar surface area (TPSA) is 120 Å². The Morgan fingerprint density at radius 2 is 1.89 bits per heavy atom. The van der Waals surface area contributed by atoms with Crippen LogP contribution in [0.1, 0.15) is 17.3 Å². The van der Waals surface area contributed by atoms with Gasteiger partial charge in [0.05, 0.1) is 18.6 Å². The predicted octanol–water partition coefficient (Wildman–Crippen LogP) is 2.00. The van der Waals surface area contributed by atoms with Crippen LogP contribution < -0.4 is 25.2 Å². The normalized spacial score (nSPS) is 10.7. The van der Waals surface area contributed by atoms with Gasteiger partial charge >= 0.3 is 0 Å². The first kappa shape index (κ1) is 23.7. The molecular formula is C18H24ClN3O5S. The number of ether oxygens (including phenoxy) is 2. The van der Waals surface area contributed by atoms with Gasteiger partial charge in [0.2, 0.25) is 10.0 Å². The number of hydrogen-bond donors (Lipinski definition) is 3. The second-order valence-corrected chi connectivity index (χ2v) is 7.23. The zero-order chi connectivity index (χ0) is 19.9. The Bertz CT molecular complexity index is 906. The summed E-state index contributed by atoms with van der Waals surface area (Å²) in [5, 5.41) is 2.68. The molecule has 0 fully saturated rings. The number of carbonyl (C=O) groups is 1. The molecule has 8 nitrogen and oxygen atoms in total. The van der Waals surface area contributed by atoms with Crippen molar-refractivity contribution in [3.63, 3.8) is 0 Å². The van der Waals surface area contributed by atoms with Gasteiger partial charge in [0, 0.05) is 24.3 Å². The average molecular weight is 430 g/mol. The van der Waals surface area contributed by atoms with Crippen molar-refractivity contribution in [1.82, 2.24) is 4.72 Å². The van der Waals surface area contributed by atoms with Crippen molar-refractivity contribution in [3.05, 3.63) is 48.0 Å². The molecular weight excluding hydrogens is 406 g/mol. The van der Waals surface area contributed by atoms with E-state index in [-0.39, 0.29) is 30.4 Å². The number of carbonyl (C=O) groups excluding carboxylic acids is 1. The molecule has 10 heteroatoms. The summed E-state index contributed by atoms with van der Waals surface area (Å²) in [5.74, 6) is 0.572. The van der Waals surface area contributed by atoms with Crippen molar-refractivity contribution in [2.75, 3.05) is 32.1 Å². The van der Waals surface area contributed by atoms with Gasteiger partial charge in [-0.1, -0.05) is 6.07 Å². The van der Waals surface area contributed by atoms with Crippen LogP contribution in [-0.4, -0.2) is 41.1 Å². The van der Waals surface area contributed by atoms with Crippen LogP contribution >= 0.6 is 12.4 Å². The van der Waals surface area contributed by atoms with E-state index in [4.69, 9.17) is 15.2 Å². The fraction of sp³-hybridized carbons (Fsp3) is 0.278. The van der Waals surface area contributed by atoms with Gasteiger partial charge in [0.1, 0.15) is 0 Å². The molecule has 2 rings (SSSR count). The third kappa shape index (κ3) is 6.10. The van der Waals surface area contributed by atoms with E-state index in [0.717, 1.165) is 0 Å². The van der Waals surface area contributed by atoms with Crippen molar-refractivity contribution in [1.29, 1.82) is 0 Å². The predicted molar refractivity (Wildman–Crippen MR) is 110 cm³/mol. The summed E-state index contributed by atoms with van der Waals surface area (Å²) in [6.45, 7) is 2.64. The summed E-state index contributed by atoms with van der Waals surface area (Å²) in [5.41, 5.74) is 6.03. The molecule has 4 N–H and O–H groups in total. The van der Waals surface area contributed by atoms with Crippen LogP contribution in [0.2, 0.25) is 0 Å². The van der Waals surface area contributed by atoms with E-state index >= 15 is 0 Å². The lowest BCUT2D eigenvalue weighted by atomic mass is 10.2. The Morgan fingerprint density at radius 1 is 1.14 bits per heavy atom. The van der Waals surface area contributed by atoms with E-state index in [1.807, 2.05) is 6.92 Å². The molecule has 0 atom stereocenters. The Labute approximate surface area is 170 Å². The third-order valence-corrected chi connectivity index (χ3v) is 5.02. The van der Waals surface area contributed by atoms with Crippen LogP contribution in [0.15, 0.2) is 47.4 Å². The first-order chi connectivity index (χ1) is 12.9. The summed E-state index contributed by atoms with van der Waals surface area (Å²) in [6, 6.07) is 10.8. The standard InChI is InChI=1S/C18H23N3O5S.ClH/c1-3-26-16-8-7-13(11-17(16)25-2)18(22)21-14-5-4-6-15(12-14)27(23,24)20-10-9-19;/h4-8,11-12,20H,3,9-10,19H2,1-2H3,(H,21,22);1H. The van der Waals surface area contributed by atoms with Gasteiger partial charge in [-0.2, -0.15) is 0 Å². The highest BCUT2D eigenvalue weighted by Crippen LogP contribution is 2.28. The highest BCUT2D eigenvalue weighted by molar-refractivity contribution is 7.89. The van der Waals surface area contributed by atoms with E-state index in [1.165, 1.54) is 19.2 Å². The number of methoxy groups -OCH3 is 1. The maximum atomic E-state index is 12.5. The number of nitrogens with two attached hydrogens (primary N) is 1. The first-order valence-corrected chi connectivity index (χ1v) is 9.81. The fourth-order valence-electron chi connectivity index (χ4n) is 2.30. The number of nitrogens with one attached hydrogen (secondary N) is 2. The smallest absolute Gasteiger partial charge is 0.255 e. The molecule has 0 aliphatic heterocycles. The van der Waals surface area contributed by atoms with Crippen LogP contribution in [0.4, 0.5) is 5.69 Å². The van der Waals surface area contributed by atoms with Crippen molar-refractivity contribution in [2.45, 2.75) is 11.8 Å². The number of rotatable bonds is 9. The van der Waals surface area contributed by atoms with E-state index in [2.05, 4.69) is 10.0 Å². The maximum Gasteiger partial charge on any atom is 0.255 e. The molecule has 2 aromatic carbocycles. The van der Waals surface area contributed by atoms with E-state index in [1.54, 1.807) is 30.3 Å². The summed E-state index contributed by atoms with van der Waals surface area (Å²) in [7, 11) is -2.20. The number of benzene rings is 2. The second-order valence-electron chi connectivity index (χ2n) is 5.47. The molecule has 0 aliphatic rings. The lowest BCUT2D eigenvalue weighted by molar-refractivity contribution is 0.102. The van der Waals surface area contributed by atoms with Gasteiger partial charge in [-0.3, -0.25) is 4.79 Å². The zero-order valence-corrected chi connectivity index (χ0v) is 17.2. The highest BCUT2D eigenvalue weighted by Gasteiger charge is 2.15. The van der Waals surface area contributed by atoms with Gasteiger partial charge in [0.15, 0.2) is 11.5 Å². The van der Waals surface area contributed by atoms with Gasteiger partial charge < -0.3 is 20.5 Å². The second kappa shape index (κ2) is 10.9. The largest absolute Gasteiger partial charge is 0.493 e. The fourth-order valence-corrected chi connectivity index (χ4v) is 3.40. The molecule has 0 saturated carbocycles. The van der Waals surface area contributed by atoms with E-state index in [0.29, 0.717) is 29.4 Å². The third-order valence-electron chi connectivity index (χ3n) is 3.56. The van der Waals surface area contributed by atoms with Crippen LogP contribution in [-0.2, 0) is 10.0 Å². The lowest BCUT2D eigenvalue weighted by Gasteiger charge is -2.12. The molecule has 28 heavy (non-hydrogen) atoms. The molecule has 0 bridgehead atoms. The molecule has 0 aromatic heterocycles. The molecule has 0 aliphatic carbocycles. The highest BCUT2D eigenvalue weighted by atomic mass is 35.5. The Kier molecular flexibility index (Phi) is 9.20. The Balaban J connectivity index is 0.00000392. The zero-order valence-electron chi connectivity index (χ0n) is 15.6. The Morgan fingerprint density at radius 3 is 2.54 bits per heavy atom. The SMILES string of the molecule is CCOc1ccc(C(=O)Nc2cccc(S(=O)(=O)NCCN)c2)cc1OC.Cl. The van der Waals surface area contributed by atoms with Crippen LogP contribution in [0.25, 0.3) is 0 Å². The minimum absolute atomic E-state index is 0. The maximum absolute atomic E-state index is 12.5. The number of anilines is 1. The van der Waals surface area contributed by atoms with E-state index < -0.39 is 15.9 Å². The first-order valence-electron chi connectivity index (χ1n) is 8.33. The summed E-state index contributed by atoms with van der Waals surface area (Å²) in [4.78, 5) is 12.5. The van der Waals surface area contributed by atoms with Gasteiger partial charge in [-0.25, -0.2) is 13.1 Å². The van der Waals surface area contributed by atoms with E-state index in [9.17, 15) is 13.2 Å². The van der Waals surface area contributed by atoms with Crippen LogP contribution in [0, 0.1) is 0 Å². The number of halogens is 1. The molecule has 0 saturated heterocycles. The molecule has 0 radical (unpaired) electrons. The molecule has 1 amide bonds. The van der Waals surface area contributed by atoms with Crippen molar-refractivity contribution in [2.24, 2.45) is 5.73 Å². The molecule has 2 aromatic rings. The summed E-state index contributed by atoms with van der Waals surface area (Å²) < 4.78 is 37.4. The molecule has 0 unspecified atom stereocenters. The lowest BCUT2D eigenvalue weighted by Crippen LogP contribution is -2.29. The van der Waals surface area contributed by atoms with Gasteiger partial charge in [-0.15, -0.1) is 12.4 Å². The van der Waals surface area contributed by atoms with Crippen molar-refractivity contribution in [3.8, 4) is 11.5 Å². The number of hydrogen-bond acceptors (Lipinski definition) is 6.